The van der Waals surface area contributed by atoms with E-state index < -0.39 is 5.82 Å². The average molecular weight is 448 g/mol. The molecule has 1 aliphatic heterocycles. The SMILES string of the molecule is COCCN1CCC(Nc2nc3nccc(C(=N)N(O)c4ccc(F)c(Cl)c4)c3[nH]2)C1. The Morgan fingerprint density at radius 2 is 2.32 bits per heavy atom. The summed E-state index contributed by atoms with van der Waals surface area (Å²) < 4.78 is 18.6. The highest BCUT2D eigenvalue weighted by Crippen LogP contribution is 2.25. The van der Waals surface area contributed by atoms with Gasteiger partial charge in [0.2, 0.25) is 5.95 Å². The number of fused-ring (bicyclic) bond motifs is 1. The van der Waals surface area contributed by atoms with Crippen LogP contribution in [0.2, 0.25) is 5.02 Å². The molecule has 31 heavy (non-hydrogen) atoms. The number of aromatic nitrogens is 3. The Morgan fingerprint density at radius 3 is 3.10 bits per heavy atom. The highest BCUT2D eigenvalue weighted by molar-refractivity contribution is 6.31. The van der Waals surface area contributed by atoms with Gasteiger partial charge in [-0.05, 0) is 30.7 Å². The normalized spacial score (nSPS) is 16.7. The van der Waals surface area contributed by atoms with E-state index in [-0.39, 0.29) is 22.6 Å². The van der Waals surface area contributed by atoms with Crippen LogP contribution in [0.4, 0.5) is 16.0 Å². The van der Waals surface area contributed by atoms with E-state index in [9.17, 15) is 9.60 Å². The lowest BCUT2D eigenvalue weighted by Crippen LogP contribution is -2.29. The fraction of sp³-hybridized carbons (Fsp3) is 0.350. The number of nitrogens with one attached hydrogen (secondary N) is 3. The summed E-state index contributed by atoms with van der Waals surface area (Å²) in [6.07, 6.45) is 2.50. The molecule has 4 N–H and O–H groups in total. The highest BCUT2D eigenvalue weighted by atomic mass is 35.5. The average Bonchev–Trinajstić information content (AvgIpc) is 3.39. The first-order valence-electron chi connectivity index (χ1n) is 9.82. The molecule has 0 saturated carbocycles. The summed E-state index contributed by atoms with van der Waals surface area (Å²) in [7, 11) is 1.69. The van der Waals surface area contributed by atoms with Gasteiger partial charge in [0.05, 0.1) is 22.8 Å². The number of anilines is 2. The third kappa shape index (κ3) is 4.62. The molecule has 0 bridgehead atoms. The Bertz CT molecular complexity index is 1090. The van der Waals surface area contributed by atoms with Crippen LogP contribution in [0.1, 0.15) is 12.0 Å². The van der Waals surface area contributed by atoms with Gasteiger partial charge in [0, 0.05) is 44.5 Å². The van der Waals surface area contributed by atoms with Crippen LogP contribution in [0.5, 0.6) is 0 Å². The summed E-state index contributed by atoms with van der Waals surface area (Å²) in [5, 5.41) is 22.8. The summed E-state index contributed by atoms with van der Waals surface area (Å²) in [6.45, 7) is 3.45. The molecule has 0 aliphatic carbocycles. The van der Waals surface area contributed by atoms with Gasteiger partial charge in [-0.3, -0.25) is 15.5 Å². The number of hydrogen-bond acceptors (Lipinski definition) is 7. The van der Waals surface area contributed by atoms with Crippen molar-refractivity contribution >= 4 is 40.2 Å². The molecule has 0 amide bonds. The van der Waals surface area contributed by atoms with E-state index in [0.717, 1.165) is 32.1 Å². The number of halogens is 2. The molecule has 9 nitrogen and oxygen atoms in total. The smallest absolute Gasteiger partial charge is 0.203 e. The molecule has 164 valence electrons. The molecule has 0 radical (unpaired) electrons. The second-order valence-corrected chi connectivity index (χ2v) is 7.73. The van der Waals surface area contributed by atoms with Gasteiger partial charge in [-0.2, -0.15) is 4.98 Å². The van der Waals surface area contributed by atoms with Crippen molar-refractivity contribution < 1.29 is 14.3 Å². The minimum absolute atomic E-state index is 0.145. The quantitative estimate of drug-likeness (QED) is 0.250. The lowest BCUT2D eigenvalue weighted by atomic mass is 10.2. The molecule has 3 aromatic rings. The Morgan fingerprint density at radius 1 is 1.48 bits per heavy atom. The molecule has 4 rings (SSSR count). The molecule has 1 saturated heterocycles. The number of hydrogen-bond donors (Lipinski definition) is 4. The van der Waals surface area contributed by atoms with Crippen LogP contribution < -0.4 is 10.4 Å². The third-order valence-electron chi connectivity index (χ3n) is 5.23. The number of likely N-dealkylation sites (tertiary alicyclic amines) is 1. The van der Waals surface area contributed by atoms with Crippen molar-refractivity contribution in [2.75, 3.05) is 43.7 Å². The number of imidazole rings is 1. The molecule has 1 fully saturated rings. The summed E-state index contributed by atoms with van der Waals surface area (Å²) in [5.41, 5.74) is 1.49. The Kier molecular flexibility index (Phi) is 6.33. The van der Waals surface area contributed by atoms with Gasteiger partial charge in [-0.15, -0.1) is 0 Å². The van der Waals surface area contributed by atoms with Crippen molar-refractivity contribution in [1.29, 1.82) is 5.41 Å². The minimum atomic E-state index is -0.603. The third-order valence-corrected chi connectivity index (χ3v) is 5.52. The number of amidine groups is 1. The molecular formula is C20H23ClFN7O2. The van der Waals surface area contributed by atoms with Gasteiger partial charge in [0.15, 0.2) is 11.5 Å². The van der Waals surface area contributed by atoms with Crippen LogP contribution in [0.25, 0.3) is 11.2 Å². The topological polar surface area (TPSA) is 113 Å². The van der Waals surface area contributed by atoms with Crippen molar-refractivity contribution in [2.45, 2.75) is 12.5 Å². The van der Waals surface area contributed by atoms with E-state index in [1.807, 2.05) is 0 Å². The predicted octanol–water partition coefficient (Wildman–Crippen LogP) is 3.10. The first-order chi connectivity index (χ1) is 15.0. The van der Waals surface area contributed by atoms with Gasteiger partial charge < -0.3 is 15.0 Å². The molecular weight excluding hydrogens is 425 g/mol. The fourth-order valence-electron chi connectivity index (χ4n) is 3.60. The summed E-state index contributed by atoms with van der Waals surface area (Å²) in [6, 6.07) is 5.55. The van der Waals surface area contributed by atoms with Crippen molar-refractivity contribution in [2.24, 2.45) is 0 Å². The largest absolute Gasteiger partial charge is 0.383 e. The molecule has 1 unspecified atom stereocenters. The first-order valence-corrected chi connectivity index (χ1v) is 10.2. The van der Waals surface area contributed by atoms with Gasteiger partial charge >= 0.3 is 0 Å². The van der Waals surface area contributed by atoms with Crippen LogP contribution in [-0.4, -0.2) is 70.3 Å². The van der Waals surface area contributed by atoms with E-state index in [4.69, 9.17) is 21.7 Å². The van der Waals surface area contributed by atoms with Crippen molar-refractivity contribution in [1.82, 2.24) is 19.9 Å². The number of ether oxygens (including phenoxy) is 1. The molecule has 1 atom stereocenters. The van der Waals surface area contributed by atoms with Crippen molar-refractivity contribution in [3.05, 3.63) is 46.9 Å². The molecule has 0 spiro atoms. The van der Waals surface area contributed by atoms with Crippen LogP contribution in [-0.2, 0) is 4.74 Å². The summed E-state index contributed by atoms with van der Waals surface area (Å²) in [4.78, 5) is 14.2. The lowest BCUT2D eigenvalue weighted by Gasteiger charge is -2.18. The highest BCUT2D eigenvalue weighted by Gasteiger charge is 2.24. The zero-order chi connectivity index (χ0) is 22.0. The Labute approximate surface area is 183 Å². The number of nitrogens with zero attached hydrogens (tertiary/aromatic N) is 4. The maximum Gasteiger partial charge on any atom is 0.203 e. The number of benzene rings is 1. The van der Waals surface area contributed by atoms with Crippen LogP contribution in [0.15, 0.2) is 30.5 Å². The first kappa shape index (κ1) is 21.4. The minimum Gasteiger partial charge on any atom is -0.383 e. The van der Waals surface area contributed by atoms with Crippen LogP contribution in [0, 0.1) is 11.2 Å². The standard InChI is InChI=1S/C20H23ClFN7O2/c1-31-9-8-28-7-5-12(11-28)25-20-26-17-14(4-6-24-19(17)27-20)18(23)29(30)13-2-3-16(22)15(21)10-13/h2-4,6,10,12,23,30H,5,7-9,11H2,1H3,(H2,24,25,26,27). The zero-order valence-corrected chi connectivity index (χ0v) is 17.7. The predicted molar refractivity (Wildman–Crippen MR) is 117 cm³/mol. The van der Waals surface area contributed by atoms with E-state index in [2.05, 4.69) is 25.2 Å². The number of pyridine rings is 1. The number of methoxy groups -OCH3 is 1. The second-order valence-electron chi connectivity index (χ2n) is 7.32. The summed E-state index contributed by atoms with van der Waals surface area (Å²) in [5.74, 6) is -0.277. The van der Waals surface area contributed by atoms with Gasteiger partial charge in [-0.25, -0.2) is 14.4 Å². The molecule has 11 heteroatoms. The Balaban J connectivity index is 1.52. The summed E-state index contributed by atoms with van der Waals surface area (Å²) >= 11 is 5.80. The lowest BCUT2D eigenvalue weighted by molar-refractivity contribution is 0.160. The van der Waals surface area contributed by atoms with Crippen LogP contribution in [0.3, 0.4) is 0 Å². The molecule has 2 aromatic heterocycles. The maximum atomic E-state index is 13.4. The van der Waals surface area contributed by atoms with Crippen molar-refractivity contribution in [3.63, 3.8) is 0 Å². The number of hydroxylamine groups is 1. The number of H-pyrrole nitrogens is 1. The van der Waals surface area contributed by atoms with E-state index >= 15 is 0 Å². The Hall–Kier alpha value is -2.79. The van der Waals surface area contributed by atoms with Gasteiger partial charge in [0.1, 0.15) is 5.82 Å². The number of aromatic amines is 1. The molecule has 1 aromatic carbocycles. The second kappa shape index (κ2) is 9.15. The molecule has 1 aliphatic rings. The van der Waals surface area contributed by atoms with Gasteiger partial charge in [0.25, 0.3) is 0 Å². The van der Waals surface area contributed by atoms with E-state index in [1.54, 1.807) is 13.2 Å². The van der Waals surface area contributed by atoms with E-state index in [0.29, 0.717) is 34.3 Å². The van der Waals surface area contributed by atoms with Crippen molar-refractivity contribution in [3.8, 4) is 0 Å². The number of rotatable bonds is 7. The van der Waals surface area contributed by atoms with Crippen LogP contribution >= 0.6 is 11.6 Å². The molecule has 3 heterocycles. The van der Waals surface area contributed by atoms with E-state index in [1.165, 1.54) is 18.3 Å². The maximum absolute atomic E-state index is 13.4. The fourth-order valence-corrected chi connectivity index (χ4v) is 3.78. The van der Waals surface area contributed by atoms with Gasteiger partial charge in [-0.1, -0.05) is 11.6 Å². The zero-order valence-electron chi connectivity index (χ0n) is 16.9. The monoisotopic (exact) mass is 447 g/mol.